The van der Waals surface area contributed by atoms with Crippen molar-refractivity contribution in [1.29, 1.82) is 0 Å². The fourth-order valence-electron chi connectivity index (χ4n) is 1.56. The average Bonchev–Trinajstić information content (AvgIpc) is 2.19. The SMILES string of the molecule is CC(C)N(CCO)C(=O)NC(C(=O)O)C(C)(C)C. The predicted molar refractivity (Wildman–Crippen MR) is 68.3 cm³/mol. The number of aliphatic hydroxyl groups is 1. The van der Waals surface area contributed by atoms with Crippen molar-refractivity contribution in [3.8, 4) is 0 Å². The number of amides is 2. The van der Waals surface area contributed by atoms with Crippen LogP contribution in [0, 0.1) is 5.41 Å². The molecule has 0 heterocycles. The van der Waals surface area contributed by atoms with Gasteiger partial charge in [-0.15, -0.1) is 0 Å². The molecular weight excluding hydrogens is 236 g/mol. The Morgan fingerprint density at radius 2 is 1.78 bits per heavy atom. The zero-order chi connectivity index (χ0) is 14.5. The second-order valence-electron chi connectivity index (χ2n) is 5.60. The van der Waals surface area contributed by atoms with E-state index in [1.807, 2.05) is 13.8 Å². The molecule has 0 saturated heterocycles. The van der Waals surface area contributed by atoms with Gasteiger partial charge in [0, 0.05) is 12.6 Å². The van der Waals surface area contributed by atoms with Crippen LogP contribution < -0.4 is 5.32 Å². The normalized spacial score (nSPS) is 13.3. The highest BCUT2D eigenvalue weighted by Gasteiger charge is 2.34. The van der Waals surface area contributed by atoms with Crippen molar-refractivity contribution < 1.29 is 19.8 Å². The van der Waals surface area contributed by atoms with Crippen LogP contribution in [0.4, 0.5) is 4.79 Å². The van der Waals surface area contributed by atoms with Crippen molar-refractivity contribution in [1.82, 2.24) is 10.2 Å². The third-order valence-electron chi connectivity index (χ3n) is 2.61. The van der Waals surface area contributed by atoms with Crippen LogP contribution in [0.25, 0.3) is 0 Å². The largest absolute Gasteiger partial charge is 0.480 e. The Hall–Kier alpha value is -1.30. The fraction of sp³-hybridized carbons (Fsp3) is 0.833. The van der Waals surface area contributed by atoms with Crippen LogP contribution in [0.15, 0.2) is 0 Å². The van der Waals surface area contributed by atoms with Crippen molar-refractivity contribution >= 4 is 12.0 Å². The van der Waals surface area contributed by atoms with Gasteiger partial charge in [-0.2, -0.15) is 0 Å². The Balaban J connectivity index is 4.83. The summed E-state index contributed by atoms with van der Waals surface area (Å²) in [5, 5.41) is 20.5. The summed E-state index contributed by atoms with van der Waals surface area (Å²) in [7, 11) is 0. The fourth-order valence-corrected chi connectivity index (χ4v) is 1.56. The highest BCUT2D eigenvalue weighted by molar-refractivity contribution is 5.83. The zero-order valence-corrected chi connectivity index (χ0v) is 11.7. The number of nitrogens with one attached hydrogen (secondary N) is 1. The molecule has 106 valence electrons. The zero-order valence-electron chi connectivity index (χ0n) is 11.7. The van der Waals surface area contributed by atoms with Gasteiger partial charge in [0.1, 0.15) is 6.04 Å². The Morgan fingerprint density at radius 3 is 2.06 bits per heavy atom. The summed E-state index contributed by atoms with van der Waals surface area (Å²) >= 11 is 0. The summed E-state index contributed by atoms with van der Waals surface area (Å²) in [4.78, 5) is 24.5. The first-order valence-electron chi connectivity index (χ1n) is 6.02. The van der Waals surface area contributed by atoms with Gasteiger partial charge in [-0.25, -0.2) is 9.59 Å². The van der Waals surface area contributed by atoms with Gasteiger partial charge in [-0.05, 0) is 19.3 Å². The summed E-state index contributed by atoms with van der Waals surface area (Å²) in [5.74, 6) is -1.07. The Bertz CT molecular complexity index is 297. The molecular formula is C12H24N2O4. The quantitative estimate of drug-likeness (QED) is 0.685. The predicted octanol–water partition coefficient (Wildman–Crippen LogP) is 0.898. The molecule has 0 bridgehead atoms. The van der Waals surface area contributed by atoms with Gasteiger partial charge < -0.3 is 20.4 Å². The third-order valence-corrected chi connectivity index (χ3v) is 2.61. The molecule has 3 N–H and O–H groups in total. The van der Waals surface area contributed by atoms with E-state index < -0.39 is 23.5 Å². The van der Waals surface area contributed by atoms with Crippen LogP contribution >= 0.6 is 0 Å². The topological polar surface area (TPSA) is 89.9 Å². The van der Waals surface area contributed by atoms with E-state index in [0.29, 0.717) is 0 Å². The lowest BCUT2D eigenvalue weighted by molar-refractivity contribution is -0.142. The summed E-state index contributed by atoms with van der Waals surface area (Å²) in [6.45, 7) is 8.89. The molecule has 0 spiro atoms. The van der Waals surface area contributed by atoms with Crippen molar-refractivity contribution in [2.45, 2.75) is 46.7 Å². The number of rotatable bonds is 5. The number of nitrogens with zero attached hydrogens (tertiary/aromatic N) is 1. The molecule has 0 aromatic carbocycles. The van der Waals surface area contributed by atoms with E-state index in [0.717, 1.165) is 0 Å². The van der Waals surface area contributed by atoms with E-state index in [1.54, 1.807) is 20.8 Å². The average molecular weight is 260 g/mol. The van der Waals surface area contributed by atoms with Gasteiger partial charge in [0.2, 0.25) is 0 Å². The molecule has 0 radical (unpaired) electrons. The summed E-state index contributed by atoms with van der Waals surface area (Å²) in [6, 6.07) is -1.54. The molecule has 0 rings (SSSR count). The lowest BCUT2D eigenvalue weighted by Crippen LogP contribution is -2.55. The van der Waals surface area contributed by atoms with Crippen LogP contribution in [-0.4, -0.2) is 52.3 Å². The summed E-state index contributed by atoms with van der Waals surface area (Å²) < 4.78 is 0. The van der Waals surface area contributed by atoms with Gasteiger partial charge in [-0.1, -0.05) is 20.8 Å². The van der Waals surface area contributed by atoms with Gasteiger partial charge in [-0.3, -0.25) is 0 Å². The standard InChI is InChI=1S/C12H24N2O4/c1-8(2)14(6-7-15)11(18)13-9(10(16)17)12(3,4)5/h8-9,15H,6-7H2,1-5H3,(H,13,18)(H,16,17). The molecule has 0 aromatic rings. The minimum Gasteiger partial charge on any atom is -0.480 e. The molecule has 2 amide bonds. The number of aliphatic hydroxyl groups excluding tert-OH is 1. The molecule has 1 atom stereocenters. The van der Waals surface area contributed by atoms with Crippen molar-refractivity contribution in [2.75, 3.05) is 13.2 Å². The molecule has 0 aliphatic rings. The maximum Gasteiger partial charge on any atom is 0.326 e. The van der Waals surface area contributed by atoms with E-state index in [-0.39, 0.29) is 19.2 Å². The monoisotopic (exact) mass is 260 g/mol. The van der Waals surface area contributed by atoms with Gasteiger partial charge >= 0.3 is 12.0 Å². The first-order chi connectivity index (χ1) is 8.11. The number of hydrogen-bond donors (Lipinski definition) is 3. The van der Waals surface area contributed by atoms with Gasteiger partial charge in [0.05, 0.1) is 6.61 Å². The highest BCUT2D eigenvalue weighted by Crippen LogP contribution is 2.19. The molecule has 0 saturated carbocycles. The van der Waals surface area contributed by atoms with Crippen LogP contribution in [0.3, 0.4) is 0 Å². The Morgan fingerprint density at radius 1 is 1.28 bits per heavy atom. The molecule has 0 fully saturated rings. The number of carbonyl (C=O) groups excluding carboxylic acids is 1. The maximum atomic E-state index is 12.0. The lowest BCUT2D eigenvalue weighted by Gasteiger charge is -2.32. The third kappa shape index (κ3) is 4.91. The summed E-state index contributed by atoms with van der Waals surface area (Å²) in [6.07, 6.45) is 0. The second-order valence-corrected chi connectivity index (χ2v) is 5.60. The smallest absolute Gasteiger partial charge is 0.326 e. The number of carboxylic acids is 1. The van der Waals surface area contributed by atoms with Crippen LogP contribution in [0.5, 0.6) is 0 Å². The molecule has 0 aromatic heterocycles. The molecule has 0 aliphatic carbocycles. The van der Waals surface area contributed by atoms with E-state index in [2.05, 4.69) is 5.32 Å². The minimum absolute atomic E-state index is 0.105. The van der Waals surface area contributed by atoms with E-state index in [4.69, 9.17) is 10.2 Å². The number of hydrogen-bond acceptors (Lipinski definition) is 3. The molecule has 6 heteroatoms. The van der Waals surface area contributed by atoms with Gasteiger partial charge in [0.25, 0.3) is 0 Å². The van der Waals surface area contributed by atoms with E-state index >= 15 is 0 Å². The molecule has 18 heavy (non-hydrogen) atoms. The molecule has 1 unspecified atom stereocenters. The van der Waals surface area contributed by atoms with Crippen molar-refractivity contribution in [3.63, 3.8) is 0 Å². The van der Waals surface area contributed by atoms with Crippen LogP contribution in [-0.2, 0) is 4.79 Å². The first-order valence-corrected chi connectivity index (χ1v) is 6.02. The number of carbonyl (C=O) groups is 2. The molecule has 6 nitrogen and oxygen atoms in total. The van der Waals surface area contributed by atoms with E-state index in [9.17, 15) is 9.59 Å². The Labute approximate surface area is 108 Å². The first kappa shape index (κ1) is 16.7. The van der Waals surface area contributed by atoms with Gasteiger partial charge in [0.15, 0.2) is 0 Å². The number of aliphatic carboxylic acids is 1. The summed E-state index contributed by atoms with van der Waals surface area (Å²) in [5.41, 5.74) is -0.580. The van der Waals surface area contributed by atoms with Crippen LogP contribution in [0.2, 0.25) is 0 Å². The van der Waals surface area contributed by atoms with E-state index in [1.165, 1.54) is 4.90 Å². The van der Waals surface area contributed by atoms with Crippen LogP contribution in [0.1, 0.15) is 34.6 Å². The molecule has 0 aliphatic heterocycles. The second kappa shape index (κ2) is 6.58. The number of urea groups is 1. The number of carboxylic acid groups (broad SMARTS) is 1. The maximum absolute atomic E-state index is 12.0. The Kier molecular flexibility index (Phi) is 6.11. The minimum atomic E-state index is -1.07. The van der Waals surface area contributed by atoms with Crippen molar-refractivity contribution in [2.24, 2.45) is 5.41 Å². The highest BCUT2D eigenvalue weighted by atomic mass is 16.4. The van der Waals surface area contributed by atoms with Crippen molar-refractivity contribution in [3.05, 3.63) is 0 Å². The lowest BCUT2D eigenvalue weighted by atomic mass is 9.87.